The number of hydrogen-bond donors (Lipinski definition) is 0. The van der Waals surface area contributed by atoms with E-state index in [4.69, 9.17) is 37.4 Å². The summed E-state index contributed by atoms with van der Waals surface area (Å²) in [4.78, 5) is 22.8. The van der Waals surface area contributed by atoms with Crippen LogP contribution in [-0.4, -0.2) is 48.7 Å². The first-order chi connectivity index (χ1) is 17.8. The lowest BCUT2D eigenvalue weighted by molar-refractivity contribution is -0.713. The Bertz CT molecular complexity index is 1410. The van der Waals surface area contributed by atoms with Crippen LogP contribution in [0.15, 0.2) is 61.3 Å². The first-order valence-corrected chi connectivity index (χ1v) is 11.8. The number of aromatic nitrogens is 5. The number of imidazole rings is 1. The van der Waals surface area contributed by atoms with Gasteiger partial charge in [0.2, 0.25) is 5.79 Å². The number of ether oxygens (including phenoxy) is 3. The van der Waals surface area contributed by atoms with Crippen molar-refractivity contribution in [1.82, 2.24) is 24.3 Å². The van der Waals surface area contributed by atoms with Crippen LogP contribution < -0.4 is 9.57 Å². The third-order valence-electron chi connectivity index (χ3n) is 5.65. The number of rotatable bonds is 9. The van der Waals surface area contributed by atoms with Gasteiger partial charge >= 0.3 is 11.1 Å². The van der Waals surface area contributed by atoms with Crippen LogP contribution in [0.1, 0.15) is 5.56 Å². The molecule has 0 amide bonds. The second-order valence-corrected chi connectivity index (χ2v) is 9.04. The zero-order chi connectivity index (χ0) is 26.0. The van der Waals surface area contributed by atoms with Crippen molar-refractivity contribution in [3.8, 4) is 23.0 Å². The van der Waals surface area contributed by atoms with Gasteiger partial charge in [0, 0.05) is 23.2 Å². The molecule has 14 heteroatoms. The molecule has 0 N–H and O–H groups in total. The molecule has 1 aliphatic rings. The maximum Gasteiger partial charge on any atom is 0.327 e. The van der Waals surface area contributed by atoms with Crippen molar-refractivity contribution < 1.29 is 24.1 Å². The van der Waals surface area contributed by atoms with Gasteiger partial charge in [0.25, 0.3) is 0 Å². The van der Waals surface area contributed by atoms with Crippen LogP contribution >= 0.6 is 23.2 Å². The van der Waals surface area contributed by atoms with Gasteiger partial charge in [-0.2, -0.15) is 4.98 Å². The molecule has 0 spiro atoms. The average Bonchev–Trinajstić information content (AvgIpc) is 3.59. The average molecular weight is 547 g/mol. The molecule has 1 saturated heterocycles. The Morgan fingerprint density at radius 1 is 1.22 bits per heavy atom. The van der Waals surface area contributed by atoms with E-state index in [2.05, 4.69) is 19.9 Å². The fourth-order valence-electron chi connectivity index (χ4n) is 3.98. The molecule has 4 aromatic rings. The Morgan fingerprint density at radius 2 is 2.03 bits per heavy atom. The Hall–Kier alpha value is -3.71. The largest absolute Gasteiger partial charge is 0.491 e. The summed E-state index contributed by atoms with van der Waals surface area (Å²) >= 11 is 12.6. The van der Waals surface area contributed by atoms with Crippen molar-refractivity contribution in [2.45, 2.75) is 18.4 Å². The van der Waals surface area contributed by atoms with Gasteiger partial charge in [0.15, 0.2) is 0 Å². The van der Waals surface area contributed by atoms with E-state index in [1.54, 1.807) is 30.7 Å². The molecule has 2 aromatic carbocycles. The van der Waals surface area contributed by atoms with Gasteiger partial charge in [0.05, 0.1) is 29.8 Å². The Kier molecular flexibility index (Phi) is 6.98. The smallest absolute Gasteiger partial charge is 0.327 e. The summed E-state index contributed by atoms with van der Waals surface area (Å²) in [7, 11) is 1.93. The lowest BCUT2D eigenvalue weighted by atomic mass is 10.1. The van der Waals surface area contributed by atoms with Crippen molar-refractivity contribution in [1.29, 1.82) is 0 Å². The lowest BCUT2D eigenvalue weighted by Crippen LogP contribution is -2.35. The summed E-state index contributed by atoms with van der Waals surface area (Å²) in [6, 6.07) is 12.1. The summed E-state index contributed by atoms with van der Waals surface area (Å²) in [5, 5.41) is 14.3. The van der Waals surface area contributed by atoms with E-state index < -0.39 is 23.0 Å². The standard InChI is InChI=1S/C23H20Cl2N6O6/c1-29-13-26-9-21(29)15-2-5-17(6-3-15)34-10-18-11-35-23(36-18,19-7-4-16(24)8-20(19)25)12-30-14-27-22(28-30)37-31(32)33/h2-9,13-14,18H,10-12H2,1H3. The van der Waals surface area contributed by atoms with Crippen molar-refractivity contribution in [2.24, 2.45) is 7.05 Å². The monoisotopic (exact) mass is 546 g/mol. The molecule has 12 nitrogen and oxygen atoms in total. The van der Waals surface area contributed by atoms with Gasteiger partial charge in [-0.1, -0.05) is 29.3 Å². The number of hydrogen-bond acceptors (Lipinski definition) is 9. The summed E-state index contributed by atoms with van der Waals surface area (Å²) < 4.78 is 21.6. The predicted molar refractivity (Wildman–Crippen MR) is 131 cm³/mol. The zero-order valence-corrected chi connectivity index (χ0v) is 20.9. The third-order valence-corrected chi connectivity index (χ3v) is 6.19. The number of aryl methyl sites for hydroxylation is 1. The molecule has 3 heterocycles. The molecule has 0 radical (unpaired) electrons. The summed E-state index contributed by atoms with van der Waals surface area (Å²) in [5.41, 5.74) is 2.51. The molecule has 0 aliphatic carbocycles. The van der Waals surface area contributed by atoms with Crippen molar-refractivity contribution in [3.05, 3.63) is 87.0 Å². The molecule has 192 valence electrons. The van der Waals surface area contributed by atoms with Crippen LogP contribution in [0, 0.1) is 10.1 Å². The van der Waals surface area contributed by atoms with Gasteiger partial charge < -0.3 is 18.8 Å². The molecule has 0 bridgehead atoms. The fourth-order valence-corrected chi connectivity index (χ4v) is 4.53. The molecule has 0 saturated carbocycles. The maximum absolute atomic E-state index is 10.6. The third kappa shape index (κ3) is 5.52. The van der Waals surface area contributed by atoms with Crippen LogP contribution in [0.5, 0.6) is 11.8 Å². The van der Waals surface area contributed by atoms with Crippen LogP contribution in [-0.2, 0) is 28.9 Å². The Balaban J connectivity index is 1.31. The SMILES string of the molecule is Cn1cncc1-c1ccc(OCC2COC(Cn3cnc(O[N+](=O)[O-])n3)(c3ccc(Cl)cc3Cl)O2)cc1. The van der Waals surface area contributed by atoms with Gasteiger partial charge in [-0.15, -0.1) is 15.2 Å². The zero-order valence-electron chi connectivity index (χ0n) is 19.4. The van der Waals surface area contributed by atoms with Gasteiger partial charge in [0.1, 0.15) is 31.3 Å². The van der Waals surface area contributed by atoms with E-state index >= 15 is 0 Å². The van der Waals surface area contributed by atoms with E-state index in [9.17, 15) is 10.1 Å². The molecular formula is C23H20Cl2N6O6. The highest BCUT2D eigenvalue weighted by Gasteiger charge is 2.45. The van der Waals surface area contributed by atoms with Crippen molar-refractivity contribution in [2.75, 3.05) is 13.2 Å². The Morgan fingerprint density at radius 3 is 2.73 bits per heavy atom. The number of benzene rings is 2. The van der Waals surface area contributed by atoms with Gasteiger partial charge in [-0.05, 0) is 36.4 Å². The maximum atomic E-state index is 10.6. The van der Waals surface area contributed by atoms with E-state index in [1.165, 1.54) is 11.0 Å². The van der Waals surface area contributed by atoms with Crippen LogP contribution in [0.25, 0.3) is 11.3 Å². The minimum atomic E-state index is -1.38. The lowest BCUT2D eigenvalue weighted by Gasteiger charge is -2.29. The summed E-state index contributed by atoms with van der Waals surface area (Å²) in [6.45, 7) is 0.377. The number of nitrogens with zero attached hydrogens (tertiary/aromatic N) is 6. The first-order valence-electron chi connectivity index (χ1n) is 11.0. The number of halogens is 2. The second-order valence-electron chi connectivity index (χ2n) is 8.19. The van der Waals surface area contributed by atoms with E-state index in [1.807, 2.05) is 35.9 Å². The molecular weight excluding hydrogens is 527 g/mol. The Labute approximate surface area is 220 Å². The van der Waals surface area contributed by atoms with Crippen LogP contribution in [0.4, 0.5) is 0 Å². The predicted octanol–water partition coefficient (Wildman–Crippen LogP) is 3.90. The highest BCUT2D eigenvalue weighted by atomic mass is 35.5. The molecule has 37 heavy (non-hydrogen) atoms. The van der Waals surface area contributed by atoms with E-state index in [0.29, 0.717) is 21.4 Å². The van der Waals surface area contributed by atoms with E-state index in [0.717, 1.165) is 11.3 Å². The molecule has 2 aromatic heterocycles. The van der Waals surface area contributed by atoms with Gasteiger partial charge in [-0.25, -0.2) is 14.5 Å². The minimum Gasteiger partial charge on any atom is -0.491 e. The highest BCUT2D eigenvalue weighted by Crippen LogP contribution is 2.40. The van der Waals surface area contributed by atoms with E-state index in [-0.39, 0.29) is 19.8 Å². The van der Waals surface area contributed by atoms with Crippen molar-refractivity contribution in [3.63, 3.8) is 0 Å². The van der Waals surface area contributed by atoms with Crippen molar-refractivity contribution >= 4 is 23.2 Å². The fraction of sp³-hybridized carbons (Fsp3) is 0.261. The second kappa shape index (κ2) is 10.3. The molecule has 5 rings (SSSR count). The first kappa shape index (κ1) is 25.0. The topological polar surface area (TPSA) is 129 Å². The molecule has 1 aliphatic heterocycles. The van der Waals surface area contributed by atoms with Gasteiger partial charge in [-0.3, -0.25) is 0 Å². The quantitative estimate of drug-likeness (QED) is 0.226. The minimum absolute atomic E-state index is 0.0156. The molecule has 2 unspecified atom stereocenters. The highest BCUT2D eigenvalue weighted by molar-refractivity contribution is 6.35. The normalized spacial score (nSPS) is 19.2. The summed E-state index contributed by atoms with van der Waals surface area (Å²) in [5.74, 6) is -0.715. The van der Waals surface area contributed by atoms with Crippen LogP contribution in [0.3, 0.4) is 0 Å². The van der Waals surface area contributed by atoms with Crippen LogP contribution in [0.2, 0.25) is 10.0 Å². The summed E-state index contributed by atoms with van der Waals surface area (Å²) in [6.07, 6.45) is 4.35. The molecule has 2 atom stereocenters. The molecule has 1 fully saturated rings.